The molecule has 0 saturated carbocycles. The number of halogens is 2. The van der Waals surface area contributed by atoms with Crippen LogP contribution in [0, 0.1) is 12.7 Å². The van der Waals surface area contributed by atoms with Crippen LogP contribution in [0.1, 0.15) is 22.9 Å². The van der Waals surface area contributed by atoms with E-state index in [-0.39, 0.29) is 22.7 Å². The van der Waals surface area contributed by atoms with Crippen LogP contribution >= 0.6 is 11.6 Å². The van der Waals surface area contributed by atoms with Crippen LogP contribution in [-0.4, -0.2) is 54.5 Å². The first kappa shape index (κ1) is 24.3. The topological polar surface area (TPSA) is 57.9 Å². The number of rotatable bonds is 7. The van der Waals surface area contributed by atoms with Crippen molar-refractivity contribution in [1.29, 1.82) is 0 Å². The summed E-state index contributed by atoms with van der Waals surface area (Å²) in [4.78, 5) is 17.8. The van der Waals surface area contributed by atoms with Gasteiger partial charge in [-0.2, -0.15) is 0 Å². The number of para-hydroxylation sites is 1. The lowest BCUT2D eigenvalue weighted by Crippen LogP contribution is -2.49. The van der Waals surface area contributed by atoms with Gasteiger partial charge in [-0.25, -0.2) is 4.39 Å². The van der Waals surface area contributed by atoms with Gasteiger partial charge in [0.05, 0.1) is 23.9 Å². The van der Waals surface area contributed by atoms with Crippen molar-refractivity contribution in [3.63, 3.8) is 0 Å². The largest absolute Gasteiger partial charge is 0.507 e. The molecule has 1 aliphatic heterocycles. The predicted octanol–water partition coefficient (Wildman–Crippen LogP) is 4.21. The second-order valence-corrected chi connectivity index (χ2v) is 8.84. The van der Waals surface area contributed by atoms with E-state index in [1.54, 1.807) is 42.9 Å². The predicted molar refractivity (Wildman–Crippen MR) is 132 cm³/mol. The van der Waals surface area contributed by atoms with Gasteiger partial charge in [-0.05, 0) is 36.8 Å². The summed E-state index contributed by atoms with van der Waals surface area (Å²) >= 11 is 6.60. The second-order valence-electron chi connectivity index (χ2n) is 8.43. The Morgan fingerprint density at radius 1 is 1.09 bits per heavy atom. The van der Waals surface area contributed by atoms with E-state index in [1.807, 2.05) is 29.2 Å². The molecule has 2 aromatic carbocycles. The van der Waals surface area contributed by atoms with E-state index >= 15 is 0 Å². The number of aryl methyl sites for hydroxylation is 1. The molecule has 0 radical (unpaired) electrons. The van der Waals surface area contributed by atoms with Gasteiger partial charge in [0.2, 0.25) is 0 Å². The highest BCUT2D eigenvalue weighted by Crippen LogP contribution is 2.37. The SMILES string of the molecule is COCCn1c(C)cc(O)c(C(c2ccccc2Cl)N2CCN(c3ccccc3F)CC2)c1=O. The smallest absolute Gasteiger partial charge is 0.259 e. The summed E-state index contributed by atoms with van der Waals surface area (Å²) in [5.74, 6) is -0.312. The molecule has 1 aromatic heterocycles. The van der Waals surface area contributed by atoms with Gasteiger partial charge in [0.25, 0.3) is 5.56 Å². The molecule has 1 N–H and O–H groups in total. The standard InChI is InChI=1S/C26H29ClFN3O3/c1-18-17-23(32)24(26(33)31(18)15-16-34-2)25(19-7-3-4-8-20(19)27)30-13-11-29(12-14-30)22-10-6-5-9-21(22)28/h3-10,17,25,32H,11-16H2,1-2H3. The average molecular weight is 486 g/mol. The molecule has 6 nitrogen and oxygen atoms in total. The minimum atomic E-state index is -0.543. The number of benzene rings is 2. The van der Waals surface area contributed by atoms with Gasteiger partial charge in [0.1, 0.15) is 11.6 Å². The van der Waals surface area contributed by atoms with Gasteiger partial charge in [0.15, 0.2) is 0 Å². The third kappa shape index (κ3) is 4.82. The van der Waals surface area contributed by atoms with Gasteiger partial charge >= 0.3 is 0 Å². The minimum Gasteiger partial charge on any atom is -0.507 e. The molecule has 0 spiro atoms. The maximum atomic E-state index is 14.3. The van der Waals surface area contributed by atoms with Gasteiger partial charge in [-0.3, -0.25) is 9.69 Å². The third-order valence-electron chi connectivity index (χ3n) is 6.39. The molecule has 1 fully saturated rings. The number of hydrogen-bond donors (Lipinski definition) is 1. The van der Waals surface area contributed by atoms with Crippen molar-refractivity contribution in [2.24, 2.45) is 0 Å². The highest BCUT2D eigenvalue weighted by atomic mass is 35.5. The molecule has 0 bridgehead atoms. The van der Waals surface area contributed by atoms with Crippen LogP contribution < -0.4 is 10.5 Å². The van der Waals surface area contributed by atoms with Crippen molar-refractivity contribution < 1.29 is 14.2 Å². The van der Waals surface area contributed by atoms with Crippen LogP contribution in [0.3, 0.4) is 0 Å². The summed E-state index contributed by atoms with van der Waals surface area (Å²) in [6.45, 7) is 4.83. The normalized spacial score (nSPS) is 15.5. The van der Waals surface area contributed by atoms with Gasteiger partial charge in [-0.15, -0.1) is 0 Å². The molecular weight excluding hydrogens is 457 g/mol. The molecule has 180 valence electrons. The highest BCUT2D eigenvalue weighted by Gasteiger charge is 2.33. The van der Waals surface area contributed by atoms with Crippen LogP contribution in [0.5, 0.6) is 5.75 Å². The van der Waals surface area contributed by atoms with Crippen LogP contribution in [-0.2, 0) is 11.3 Å². The monoisotopic (exact) mass is 485 g/mol. The highest BCUT2D eigenvalue weighted by molar-refractivity contribution is 6.31. The van der Waals surface area contributed by atoms with Crippen molar-refractivity contribution in [2.45, 2.75) is 19.5 Å². The minimum absolute atomic E-state index is 0.0578. The van der Waals surface area contributed by atoms with Crippen LogP contribution in [0.15, 0.2) is 59.4 Å². The lowest BCUT2D eigenvalue weighted by atomic mass is 9.95. The van der Waals surface area contributed by atoms with Gasteiger partial charge < -0.3 is 19.3 Å². The number of pyridine rings is 1. The molecule has 8 heteroatoms. The Balaban J connectivity index is 1.74. The van der Waals surface area contributed by atoms with E-state index in [0.717, 1.165) is 5.56 Å². The molecule has 0 aliphatic carbocycles. The van der Waals surface area contributed by atoms with Crippen molar-refractivity contribution in [1.82, 2.24) is 9.47 Å². The molecule has 1 aliphatic rings. The Morgan fingerprint density at radius 3 is 2.44 bits per heavy atom. The quantitative estimate of drug-likeness (QED) is 0.543. The summed E-state index contributed by atoms with van der Waals surface area (Å²) in [5, 5.41) is 11.5. The fourth-order valence-electron chi connectivity index (χ4n) is 4.65. The number of aromatic nitrogens is 1. The van der Waals surface area contributed by atoms with Crippen molar-refractivity contribution in [3.05, 3.63) is 92.6 Å². The van der Waals surface area contributed by atoms with Crippen LogP contribution in [0.2, 0.25) is 5.02 Å². The first-order valence-corrected chi connectivity index (χ1v) is 11.7. The van der Waals surface area contributed by atoms with Crippen molar-refractivity contribution in [2.75, 3.05) is 44.8 Å². The average Bonchev–Trinajstić information content (AvgIpc) is 2.83. The summed E-state index contributed by atoms with van der Waals surface area (Å²) in [6.07, 6.45) is 0. The fourth-order valence-corrected chi connectivity index (χ4v) is 4.89. The molecule has 1 atom stereocenters. The first-order valence-electron chi connectivity index (χ1n) is 11.3. The Labute approximate surface area is 203 Å². The van der Waals surface area contributed by atoms with Crippen molar-refractivity contribution in [3.8, 4) is 5.75 Å². The zero-order valence-electron chi connectivity index (χ0n) is 19.4. The summed E-state index contributed by atoms with van der Waals surface area (Å²) < 4.78 is 21.1. The van der Waals surface area contributed by atoms with E-state index in [0.29, 0.717) is 55.7 Å². The number of ether oxygens (including phenoxy) is 1. The van der Waals surface area contributed by atoms with E-state index in [9.17, 15) is 14.3 Å². The van der Waals surface area contributed by atoms with E-state index in [2.05, 4.69) is 4.90 Å². The number of hydrogen-bond acceptors (Lipinski definition) is 5. The zero-order chi connectivity index (χ0) is 24.2. The van der Waals surface area contributed by atoms with Crippen molar-refractivity contribution >= 4 is 17.3 Å². The van der Waals surface area contributed by atoms with Crippen LogP contribution in [0.25, 0.3) is 0 Å². The molecule has 4 rings (SSSR count). The summed E-state index contributed by atoms with van der Waals surface area (Å²) in [7, 11) is 1.59. The number of methoxy groups -OCH3 is 1. The Kier molecular flexibility index (Phi) is 7.56. The maximum absolute atomic E-state index is 14.3. The Morgan fingerprint density at radius 2 is 1.76 bits per heavy atom. The maximum Gasteiger partial charge on any atom is 0.259 e. The molecule has 1 unspecified atom stereocenters. The number of piperazine rings is 1. The summed E-state index contributed by atoms with van der Waals surface area (Å²) in [6, 6.07) is 15.2. The number of anilines is 1. The van der Waals surface area contributed by atoms with Gasteiger partial charge in [0, 0.05) is 50.6 Å². The molecule has 3 aromatic rings. The number of aromatic hydroxyl groups is 1. The Hall–Kier alpha value is -2.87. The molecule has 2 heterocycles. The Bertz CT molecular complexity index is 1210. The first-order chi connectivity index (χ1) is 16.4. The third-order valence-corrected chi connectivity index (χ3v) is 6.73. The summed E-state index contributed by atoms with van der Waals surface area (Å²) in [5.41, 5.74) is 1.99. The van der Waals surface area contributed by atoms with E-state index in [1.165, 1.54) is 6.07 Å². The molecule has 34 heavy (non-hydrogen) atoms. The number of nitrogens with zero attached hydrogens (tertiary/aromatic N) is 3. The fraction of sp³-hybridized carbons (Fsp3) is 0.346. The van der Waals surface area contributed by atoms with Crippen LogP contribution in [0.4, 0.5) is 10.1 Å². The molecule has 0 amide bonds. The lowest BCUT2D eigenvalue weighted by Gasteiger charge is -2.40. The van der Waals surface area contributed by atoms with E-state index < -0.39 is 6.04 Å². The second kappa shape index (κ2) is 10.6. The molecular formula is C26H29ClFN3O3. The lowest BCUT2D eigenvalue weighted by molar-refractivity contribution is 0.183. The van der Waals surface area contributed by atoms with Gasteiger partial charge in [-0.1, -0.05) is 41.9 Å². The molecule has 1 saturated heterocycles. The zero-order valence-corrected chi connectivity index (χ0v) is 20.1. The van der Waals surface area contributed by atoms with E-state index in [4.69, 9.17) is 16.3 Å².